The second kappa shape index (κ2) is 13.4. The first-order valence-electron chi connectivity index (χ1n) is 13.8. The molecule has 0 amide bonds. The van der Waals surface area contributed by atoms with Crippen molar-refractivity contribution in [2.24, 2.45) is 7.05 Å². The van der Waals surface area contributed by atoms with Gasteiger partial charge in [-0.05, 0) is 47.9 Å². The van der Waals surface area contributed by atoms with Crippen molar-refractivity contribution in [3.8, 4) is 11.1 Å². The van der Waals surface area contributed by atoms with Crippen LogP contribution in [0, 0.1) is 0 Å². The zero-order valence-electron chi connectivity index (χ0n) is 23.7. The van der Waals surface area contributed by atoms with Gasteiger partial charge < -0.3 is 10.2 Å². The SMILES string of the molecule is C=C/C=C\NC.Cn1cc(-c2ccc3c(N4CCC=C(c5ncc(Cc6ccccc6)cn5)CC4)cnn3c2)cn1. The smallest absolute Gasteiger partial charge is 0.154 e. The van der Waals surface area contributed by atoms with Crippen LogP contribution in [-0.4, -0.2) is 49.5 Å². The van der Waals surface area contributed by atoms with E-state index in [9.17, 15) is 0 Å². The van der Waals surface area contributed by atoms with E-state index < -0.39 is 0 Å². The van der Waals surface area contributed by atoms with Crippen LogP contribution in [0.3, 0.4) is 0 Å². The summed E-state index contributed by atoms with van der Waals surface area (Å²) in [7, 11) is 3.78. The number of pyridine rings is 1. The first-order chi connectivity index (χ1) is 20.1. The fourth-order valence-corrected chi connectivity index (χ4v) is 4.87. The van der Waals surface area contributed by atoms with Crippen LogP contribution in [0.1, 0.15) is 29.8 Å². The highest BCUT2D eigenvalue weighted by Gasteiger charge is 2.17. The molecule has 0 bridgehead atoms. The number of rotatable bonds is 7. The highest BCUT2D eigenvalue weighted by molar-refractivity contribution is 5.76. The lowest BCUT2D eigenvalue weighted by Crippen LogP contribution is -2.24. The molecule has 0 radical (unpaired) electrons. The van der Waals surface area contributed by atoms with Crippen molar-refractivity contribution in [2.45, 2.75) is 19.3 Å². The normalized spacial score (nSPS) is 13.4. The maximum Gasteiger partial charge on any atom is 0.154 e. The zero-order chi connectivity index (χ0) is 28.4. The van der Waals surface area contributed by atoms with Gasteiger partial charge in [-0.25, -0.2) is 14.5 Å². The van der Waals surface area contributed by atoms with E-state index in [0.717, 1.165) is 66.1 Å². The van der Waals surface area contributed by atoms with Crippen molar-refractivity contribution >= 4 is 16.8 Å². The van der Waals surface area contributed by atoms with Crippen LogP contribution in [0.25, 0.3) is 22.2 Å². The Morgan fingerprint density at radius 2 is 1.73 bits per heavy atom. The van der Waals surface area contributed by atoms with Crippen LogP contribution >= 0.6 is 0 Å². The van der Waals surface area contributed by atoms with Gasteiger partial charge in [-0.15, -0.1) is 0 Å². The van der Waals surface area contributed by atoms with Crippen molar-refractivity contribution < 1.29 is 0 Å². The van der Waals surface area contributed by atoms with Gasteiger partial charge in [0.05, 0.1) is 23.6 Å². The van der Waals surface area contributed by atoms with Gasteiger partial charge in [-0.1, -0.05) is 55.1 Å². The number of fused-ring (bicyclic) bond motifs is 1. The Hall–Kier alpha value is -4.98. The number of hydrogen-bond acceptors (Lipinski definition) is 6. The molecule has 1 aliphatic rings. The van der Waals surface area contributed by atoms with E-state index >= 15 is 0 Å². The third kappa shape index (κ3) is 6.97. The highest BCUT2D eigenvalue weighted by atomic mass is 15.3. The standard InChI is InChI=1S/C28H27N7.C5H9N/c1-33-19-25(17-31-33)24-9-10-26-27(18-32-35(26)20-24)34-12-5-8-23(11-13-34)28-29-15-22(16-30-28)14-21-6-3-2-4-7-21;1-3-4-5-6-2/h2-4,6-10,15-20H,5,11-14H2,1H3;3-6H,1H2,2H3/b;5-4-. The molecule has 208 valence electrons. The number of nitrogens with zero attached hydrogens (tertiary/aromatic N) is 7. The van der Waals surface area contributed by atoms with Crippen molar-refractivity contribution in [2.75, 3.05) is 25.0 Å². The van der Waals surface area contributed by atoms with Gasteiger partial charge in [-0.2, -0.15) is 10.2 Å². The summed E-state index contributed by atoms with van der Waals surface area (Å²) in [6.07, 6.45) is 22.2. The van der Waals surface area contributed by atoms with E-state index in [1.165, 1.54) is 11.1 Å². The molecule has 1 aromatic carbocycles. The van der Waals surface area contributed by atoms with E-state index in [2.05, 4.69) is 75.7 Å². The lowest BCUT2D eigenvalue weighted by molar-refractivity contribution is 0.768. The number of benzene rings is 1. The molecule has 6 rings (SSSR count). The number of allylic oxidation sites excluding steroid dienone is 2. The second-order valence-electron chi connectivity index (χ2n) is 9.90. The number of aryl methyl sites for hydroxylation is 1. The van der Waals surface area contributed by atoms with Gasteiger partial charge in [0, 0.05) is 69.5 Å². The molecule has 4 aromatic heterocycles. The zero-order valence-corrected chi connectivity index (χ0v) is 23.7. The number of nitrogens with one attached hydrogen (secondary N) is 1. The van der Waals surface area contributed by atoms with Crippen molar-refractivity contribution in [1.82, 2.24) is 34.7 Å². The van der Waals surface area contributed by atoms with Crippen LogP contribution in [0.4, 0.5) is 5.69 Å². The van der Waals surface area contributed by atoms with Crippen LogP contribution < -0.4 is 10.2 Å². The average molecular weight is 545 g/mol. The van der Waals surface area contributed by atoms with Gasteiger partial charge in [0.1, 0.15) is 0 Å². The topological polar surface area (TPSA) is 76.2 Å². The summed E-state index contributed by atoms with van der Waals surface area (Å²) in [6, 6.07) is 14.7. The largest absolute Gasteiger partial charge is 0.394 e. The number of aromatic nitrogens is 6. The van der Waals surface area contributed by atoms with Crippen molar-refractivity contribution in [3.05, 3.63) is 128 Å². The van der Waals surface area contributed by atoms with Crippen LogP contribution in [-0.2, 0) is 13.5 Å². The Labute approximate surface area is 241 Å². The van der Waals surface area contributed by atoms with Crippen LogP contribution in [0.2, 0.25) is 0 Å². The molecule has 0 unspecified atom stereocenters. The molecule has 8 nitrogen and oxygen atoms in total. The highest BCUT2D eigenvalue weighted by Crippen LogP contribution is 2.28. The predicted octanol–water partition coefficient (Wildman–Crippen LogP) is 5.70. The molecule has 1 N–H and O–H groups in total. The van der Waals surface area contributed by atoms with Gasteiger partial charge in [0.2, 0.25) is 0 Å². The molecule has 0 fully saturated rings. The minimum absolute atomic E-state index is 0.838. The monoisotopic (exact) mass is 544 g/mol. The quantitative estimate of drug-likeness (QED) is 0.265. The number of hydrogen-bond donors (Lipinski definition) is 1. The molecule has 8 heteroatoms. The Balaban J connectivity index is 0.000000511. The van der Waals surface area contributed by atoms with Gasteiger partial charge >= 0.3 is 0 Å². The van der Waals surface area contributed by atoms with E-state index in [0.29, 0.717) is 0 Å². The van der Waals surface area contributed by atoms with Crippen molar-refractivity contribution in [1.29, 1.82) is 0 Å². The van der Waals surface area contributed by atoms with Crippen LogP contribution in [0.15, 0.2) is 111 Å². The minimum atomic E-state index is 0.838. The summed E-state index contributed by atoms with van der Waals surface area (Å²) in [5.74, 6) is 0.838. The molecule has 0 saturated carbocycles. The Kier molecular flexibility index (Phi) is 9.01. The molecule has 0 saturated heterocycles. The summed E-state index contributed by atoms with van der Waals surface area (Å²) in [4.78, 5) is 11.8. The average Bonchev–Trinajstić information content (AvgIpc) is 3.56. The van der Waals surface area contributed by atoms with Crippen molar-refractivity contribution in [3.63, 3.8) is 0 Å². The predicted molar refractivity (Wildman–Crippen MR) is 166 cm³/mol. The van der Waals surface area contributed by atoms with Crippen LogP contribution in [0.5, 0.6) is 0 Å². The van der Waals surface area contributed by atoms with Gasteiger partial charge in [0.25, 0.3) is 0 Å². The maximum absolute atomic E-state index is 4.70. The molecule has 0 atom stereocenters. The summed E-state index contributed by atoms with van der Waals surface area (Å²) in [5.41, 5.74) is 8.09. The number of anilines is 1. The Morgan fingerprint density at radius 1 is 0.902 bits per heavy atom. The van der Waals surface area contributed by atoms with Gasteiger partial charge in [0.15, 0.2) is 5.82 Å². The molecule has 5 aromatic rings. The molecular formula is C33H36N8. The summed E-state index contributed by atoms with van der Waals surface area (Å²) < 4.78 is 3.78. The fraction of sp³-hybridized carbons (Fsp3) is 0.212. The molecule has 0 aliphatic carbocycles. The van der Waals surface area contributed by atoms with E-state index in [4.69, 9.17) is 9.97 Å². The summed E-state index contributed by atoms with van der Waals surface area (Å²) in [5, 5.41) is 11.7. The lowest BCUT2D eigenvalue weighted by Gasteiger charge is -2.21. The molecule has 0 spiro atoms. The first kappa shape index (κ1) is 27.6. The van der Waals surface area contributed by atoms with Gasteiger partial charge in [-0.3, -0.25) is 4.68 Å². The fourth-order valence-electron chi connectivity index (χ4n) is 4.87. The lowest BCUT2D eigenvalue weighted by atomic mass is 10.1. The van der Waals surface area contributed by atoms with E-state index in [1.54, 1.807) is 6.08 Å². The third-order valence-corrected chi connectivity index (χ3v) is 6.96. The molecule has 5 heterocycles. The molecular weight excluding hydrogens is 508 g/mol. The minimum Gasteiger partial charge on any atom is -0.394 e. The third-order valence-electron chi connectivity index (χ3n) is 6.96. The summed E-state index contributed by atoms with van der Waals surface area (Å²) in [6.45, 7) is 5.33. The summed E-state index contributed by atoms with van der Waals surface area (Å²) >= 11 is 0. The van der Waals surface area contributed by atoms with E-state index in [-0.39, 0.29) is 0 Å². The first-order valence-corrected chi connectivity index (χ1v) is 13.8. The Morgan fingerprint density at radius 3 is 2.44 bits per heavy atom. The second-order valence-corrected chi connectivity index (χ2v) is 9.90. The molecule has 1 aliphatic heterocycles. The van der Waals surface area contributed by atoms with E-state index in [1.807, 2.05) is 72.6 Å². The molecule has 41 heavy (non-hydrogen) atoms. The Bertz CT molecular complexity index is 1630. The maximum atomic E-state index is 4.70.